The number of aryl methyl sites for hydroxylation is 1. The first-order valence-electron chi connectivity index (χ1n) is 6.20. The molecule has 18 heavy (non-hydrogen) atoms. The summed E-state index contributed by atoms with van der Waals surface area (Å²) in [7, 11) is 0. The first kappa shape index (κ1) is 12.5. The van der Waals surface area contributed by atoms with E-state index in [0.717, 1.165) is 11.3 Å². The van der Waals surface area contributed by atoms with Gasteiger partial charge in [0, 0.05) is 0 Å². The zero-order valence-electron chi connectivity index (χ0n) is 11.1. The average molecular weight is 241 g/mol. The van der Waals surface area contributed by atoms with Gasteiger partial charge in [-0.15, -0.1) is 0 Å². The molecule has 2 N–H and O–H groups in total. The molecular formula is C16H19NO. The van der Waals surface area contributed by atoms with Gasteiger partial charge in [-0.25, -0.2) is 0 Å². The van der Waals surface area contributed by atoms with E-state index in [0.29, 0.717) is 17.4 Å². The number of anilines is 1. The molecule has 2 aromatic carbocycles. The van der Waals surface area contributed by atoms with Crippen LogP contribution in [0.5, 0.6) is 11.5 Å². The normalized spacial score (nSPS) is 10.7. The minimum atomic E-state index is 0.490. The fourth-order valence-corrected chi connectivity index (χ4v) is 1.82. The Morgan fingerprint density at radius 2 is 1.83 bits per heavy atom. The highest BCUT2D eigenvalue weighted by Gasteiger charge is 2.04. The largest absolute Gasteiger partial charge is 0.455 e. The van der Waals surface area contributed by atoms with Crippen LogP contribution < -0.4 is 10.5 Å². The molecule has 0 bridgehead atoms. The SMILES string of the molecule is Cc1ccc(Oc2cccc(C(C)C)c2)c(N)c1. The lowest BCUT2D eigenvalue weighted by atomic mass is 10.0. The summed E-state index contributed by atoms with van der Waals surface area (Å²) in [6, 6.07) is 14.0. The molecule has 0 atom stereocenters. The van der Waals surface area contributed by atoms with Crippen LogP contribution in [0.4, 0.5) is 5.69 Å². The highest BCUT2D eigenvalue weighted by Crippen LogP contribution is 2.29. The lowest BCUT2D eigenvalue weighted by molar-refractivity contribution is 0.484. The summed E-state index contributed by atoms with van der Waals surface area (Å²) >= 11 is 0. The number of nitrogen functional groups attached to an aromatic ring is 1. The van der Waals surface area contributed by atoms with Gasteiger partial charge >= 0.3 is 0 Å². The molecule has 0 spiro atoms. The Balaban J connectivity index is 2.25. The van der Waals surface area contributed by atoms with E-state index in [1.165, 1.54) is 5.56 Å². The summed E-state index contributed by atoms with van der Waals surface area (Å²) < 4.78 is 5.83. The van der Waals surface area contributed by atoms with Gasteiger partial charge in [-0.1, -0.05) is 32.0 Å². The number of nitrogens with two attached hydrogens (primary N) is 1. The summed E-state index contributed by atoms with van der Waals surface area (Å²) in [5, 5.41) is 0. The van der Waals surface area contributed by atoms with E-state index in [-0.39, 0.29) is 0 Å². The second kappa shape index (κ2) is 5.13. The summed E-state index contributed by atoms with van der Waals surface area (Å²) in [4.78, 5) is 0. The molecule has 2 nitrogen and oxygen atoms in total. The van der Waals surface area contributed by atoms with Crippen LogP contribution >= 0.6 is 0 Å². The Morgan fingerprint density at radius 1 is 1.06 bits per heavy atom. The molecule has 0 unspecified atom stereocenters. The van der Waals surface area contributed by atoms with Crippen LogP contribution in [0.1, 0.15) is 30.9 Å². The third-order valence-electron chi connectivity index (χ3n) is 2.92. The van der Waals surface area contributed by atoms with E-state index >= 15 is 0 Å². The van der Waals surface area contributed by atoms with Crippen molar-refractivity contribution in [1.29, 1.82) is 0 Å². The highest BCUT2D eigenvalue weighted by molar-refractivity contribution is 5.55. The molecule has 94 valence electrons. The predicted octanol–water partition coefficient (Wildman–Crippen LogP) is 4.49. The molecule has 0 radical (unpaired) electrons. The molecule has 0 fully saturated rings. The lowest BCUT2D eigenvalue weighted by Gasteiger charge is -2.11. The van der Waals surface area contributed by atoms with Crippen molar-refractivity contribution in [3.8, 4) is 11.5 Å². The van der Waals surface area contributed by atoms with Crippen LogP contribution in [0.15, 0.2) is 42.5 Å². The summed E-state index contributed by atoms with van der Waals surface area (Å²) in [6.07, 6.45) is 0. The zero-order chi connectivity index (χ0) is 13.1. The third kappa shape index (κ3) is 2.83. The number of hydrogen-bond donors (Lipinski definition) is 1. The number of hydrogen-bond acceptors (Lipinski definition) is 2. The Hall–Kier alpha value is -1.96. The molecule has 0 amide bonds. The second-order valence-electron chi connectivity index (χ2n) is 4.87. The van der Waals surface area contributed by atoms with Crippen LogP contribution in [0.2, 0.25) is 0 Å². The topological polar surface area (TPSA) is 35.2 Å². The maximum atomic E-state index is 5.94. The molecule has 0 saturated carbocycles. The average Bonchev–Trinajstić information content (AvgIpc) is 2.33. The van der Waals surface area contributed by atoms with Crippen molar-refractivity contribution in [3.05, 3.63) is 53.6 Å². The lowest BCUT2D eigenvalue weighted by Crippen LogP contribution is -1.94. The maximum Gasteiger partial charge on any atom is 0.150 e. The first-order chi connectivity index (χ1) is 8.56. The fourth-order valence-electron chi connectivity index (χ4n) is 1.82. The summed E-state index contributed by atoms with van der Waals surface area (Å²) in [5.41, 5.74) is 9.01. The van der Waals surface area contributed by atoms with Gasteiger partial charge in [0.05, 0.1) is 5.69 Å². The van der Waals surface area contributed by atoms with Crippen molar-refractivity contribution in [3.63, 3.8) is 0 Å². The van der Waals surface area contributed by atoms with Crippen LogP contribution in [0.3, 0.4) is 0 Å². The zero-order valence-corrected chi connectivity index (χ0v) is 11.1. The monoisotopic (exact) mass is 241 g/mol. The molecule has 0 aliphatic heterocycles. The van der Waals surface area contributed by atoms with E-state index in [1.54, 1.807) is 0 Å². The van der Waals surface area contributed by atoms with Crippen molar-refractivity contribution in [1.82, 2.24) is 0 Å². The Morgan fingerprint density at radius 3 is 2.50 bits per heavy atom. The molecule has 2 rings (SSSR count). The van der Waals surface area contributed by atoms with Crippen LogP contribution in [-0.4, -0.2) is 0 Å². The van der Waals surface area contributed by atoms with Crippen molar-refractivity contribution in [2.75, 3.05) is 5.73 Å². The Kier molecular flexibility index (Phi) is 3.56. The quantitative estimate of drug-likeness (QED) is 0.803. The van der Waals surface area contributed by atoms with Gasteiger partial charge in [-0.3, -0.25) is 0 Å². The maximum absolute atomic E-state index is 5.94. The molecule has 0 aromatic heterocycles. The standard InChI is InChI=1S/C16H19NO/c1-11(2)13-5-4-6-14(10-13)18-16-8-7-12(3)9-15(16)17/h4-11H,17H2,1-3H3. The van der Waals surface area contributed by atoms with Gasteiger partial charge < -0.3 is 10.5 Å². The molecular weight excluding hydrogens is 222 g/mol. The minimum absolute atomic E-state index is 0.490. The minimum Gasteiger partial charge on any atom is -0.455 e. The predicted molar refractivity (Wildman–Crippen MR) is 76.2 cm³/mol. The third-order valence-corrected chi connectivity index (χ3v) is 2.92. The molecule has 2 heteroatoms. The molecule has 0 aliphatic carbocycles. The van der Waals surface area contributed by atoms with Gasteiger partial charge in [0.25, 0.3) is 0 Å². The Bertz CT molecular complexity index is 547. The summed E-state index contributed by atoms with van der Waals surface area (Å²) in [5.74, 6) is 2.03. The van der Waals surface area contributed by atoms with Crippen LogP contribution in [0, 0.1) is 6.92 Å². The summed E-state index contributed by atoms with van der Waals surface area (Å²) in [6.45, 7) is 6.35. The van der Waals surface area contributed by atoms with Gasteiger partial charge in [-0.2, -0.15) is 0 Å². The Labute approximate surface area is 108 Å². The van der Waals surface area contributed by atoms with Crippen molar-refractivity contribution < 1.29 is 4.74 Å². The van der Waals surface area contributed by atoms with Crippen LogP contribution in [-0.2, 0) is 0 Å². The fraction of sp³-hybridized carbons (Fsp3) is 0.250. The van der Waals surface area contributed by atoms with Crippen molar-refractivity contribution >= 4 is 5.69 Å². The van der Waals surface area contributed by atoms with Crippen molar-refractivity contribution in [2.45, 2.75) is 26.7 Å². The second-order valence-corrected chi connectivity index (χ2v) is 4.87. The van der Waals surface area contributed by atoms with Gasteiger partial charge in [0.1, 0.15) is 11.5 Å². The highest BCUT2D eigenvalue weighted by atomic mass is 16.5. The number of benzene rings is 2. The van der Waals surface area contributed by atoms with E-state index in [2.05, 4.69) is 26.0 Å². The number of rotatable bonds is 3. The van der Waals surface area contributed by atoms with E-state index in [1.807, 2.05) is 37.3 Å². The molecule has 2 aromatic rings. The van der Waals surface area contributed by atoms with E-state index in [9.17, 15) is 0 Å². The van der Waals surface area contributed by atoms with E-state index in [4.69, 9.17) is 10.5 Å². The first-order valence-corrected chi connectivity index (χ1v) is 6.20. The smallest absolute Gasteiger partial charge is 0.150 e. The molecule has 0 saturated heterocycles. The van der Waals surface area contributed by atoms with Gasteiger partial charge in [0.15, 0.2) is 0 Å². The van der Waals surface area contributed by atoms with E-state index < -0.39 is 0 Å². The van der Waals surface area contributed by atoms with Gasteiger partial charge in [-0.05, 0) is 48.2 Å². The van der Waals surface area contributed by atoms with Gasteiger partial charge in [0.2, 0.25) is 0 Å². The van der Waals surface area contributed by atoms with Crippen molar-refractivity contribution in [2.24, 2.45) is 0 Å². The van der Waals surface area contributed by atoms with Crippen LogP contribution in [0.25, 0.3) is 0 Å². The molecule has 0 heterocycles. The number of ether oxygens (including phenoxy) is 1. The molecule has 0 aliphatic rings.